The Labute approximate surface area is 121 Å². The first kappa shape index (κ1) is 14.7. The van der Waals surface area contributed by atoms with E-state index in [2.05, 4.69) is 9.97 Å². The molecule has 1 N–H and O–H groups in total. The molecule has 2 heterocycles. The van der Waals surface area contributed by atoms with E-state index in [0.717, 1.165) is 21.6 Å². The maximum atomic E-state index is 11.8. The lowest BCUT2D eigenvalue weighted by atomic mass is 10.2. The molecule has 2 rings (SSSR count). The number of aliphatic hydroxyl groups excluding tert-OH is 1. The summed E-state index contributed by atoms with van der Waals surface area (Å²) in [6, 6.07) is 0. The molecule has 0 saturated heterocycles. The molecule has 0 aliphatic heterocycles. The van der Waals surface area contributed by atoms with Crippen molar-refractivity contribution >= 4 is 33.3 Å². The first-order valence-corrected chi connectivity index (χ1v) is 6.99. The summed E-state index contributed by atoms with van der Waals surface area (Å²) >= 11 is 1.31. The summed E-state index contributed by atoms with van der Waals surface area (Å²) in [6.07, 6.45) is 0. The van der Waals surface area contributed by atoms with Crippen LogP contribution in [-0.2, 0) is 4.74 Å². The third-order valence-electron chi connectivity index (χ3n) is 3.05. The number of rotatable bonds is 4. The fraction of sp³-hybridized carbons (Fsp3) is 0.462. The van der Waals surface area contributed by atoms with Crippen molar-refractivity contribution in [2.24, 2.45) is 0 Å². The summed E-state index contributed by atoms with van der Waals surface area (Å²) in [5.41, 5.74) is 0.816. The van der Waals surface area contributed by atoms with Gasteiger partial charge in [0.05, 0.1) is 19.1 Å². The molecule has 0 amide bonds. The SMILES string of the molecule is COC(=O)c1sc2nc(C)nc(N(C)CCO)c2c1C. The van der Waals surface area contributed by atoms with Crippen molar-refractivity contribution in [1.82, 2.24) is 9.97 Å². The van der Waals surface area contributed by atoms with E-state index in [4.69, 9.17) is 9.84 Å². The molecule has 20 heavy (non-hydrogen) atoms. The van der Waals surface area contributed by atoms with Gasteiger partial charge < -0.3 is 14.7 Å². The maximum absolute atomic E-state index is 11.8. The molecule has 0 aromatic carbocycles. The Balaban J connectivity index is 2.68. The molecule has 0 saturated carbocycles. The molecule has 0 aliphatic carbocycles. The Morgan fingerprint density at radius 2 is 2.10 bits per heavy atom. The predicted molar refractivity (Wildman–Crippen MR) is 78.6 cm³/mol. The number of methoxy groups -OCH3 is 1. The Hall–Kier alpha value is -1.73. The lowest BCUT2D eigenvalue weighted by Gasteiger charge is -2.18. The van der Waals surface area contributed by atoms with Gasteiger partial charge in [0.15, 0.2) is 0 Å². The number of aliphatic hydroxyl groups is 1. The number of carbonyl (C=O) groups excluding carboxylic acids is 1. The van der Waals surface area contributed by atoms with E-state index in [-0.39, 0.29) is 12.6 Å². The van der Waals surface area contributed by atoms with Crippen LogP contribution in [0.4, 0.5) is 5.82 Å². The van der Waals surface area contributed by atoms with Crippen LogP contribution in [0.15, 0.2) is 0 Å². The van der Waals surface area contributed by atoms with Crippen molar-refractivity contribution in [3.8, 4) is 0 Å². The molecule has 0 atom stereocenters. The van der Waals surface area contributed by atoms with Gasteiger partial charge in [0.25, 0.3) is 0 Å². The molecule has 7 heteroatoms. The van der Waals surface area contributed by atoms with Gasteiger partial charge in [-0.3, -0.25) is 0 Å². The Kier molecular flexibility index (Phi) is 4.20. The second-order valence-electron chi connectivity index (χ2n) is 4.47. The van der Waals surface area contributed by atoms with Crippen molar-refractivity contribution in [2.45, 2.75) is 13.8 Å². The van der Waals surface area contributed by atoms with E-state index in [9.17, 15) is 4.79 Å². The fourth-order valence-electron chi connectivity index (χ4n) is 2.04. The van der Waals surface area contributed by atoms with Crippen LogP contribution in [0.5, 0.6) is 0 Å². The Morgan fingerprint density at radius 3 is 2.70 bits per heavy atom. The van der Waals surface area contributed by atoms with E-state index >= 15 is 0 Å². The number of likely N-dealkylation sites (N-methyl/N-ethyl adjacent to an activating group) is 1. The fourth-order valence-corrected chi connectivity index (χ4v) is 3.18. The number of carbonyl (C=O) groups is 1. The van der Waals surface area contributed by atoms with Gasteiger partial charge in [-0.05, 0) is 19.4 Å². The van der Waals surface area contributed by atoms with Crippen molar-refractivity contribution in [2.75, 3.05) is 32.2 Å². The minimum absolute atomic E-state index is 0.0358. The van der Waals surface area contributed by atoms with Gasteiger partial charge in [-0.15, -0.1) is 11.3 Å². The van der Waals surface area contributed by atoms with E-state index in [1.165, 1.54) is 18.4 Å². The van der Waals surface area contributed by atoms with Crippen LogP contribution in [0.2, 0.25) is 0 Å². The number of esters is 1. The summed E-state index contributed by atoms with van der Waals surface area (Å²) in [6.45, 7) is 4.17. The highest BCUT2D eigenvalue weighted by Crippen LogP contribution is 2.35. The summed E-state index contributed by atoms with van der Waals surface area (Å²) in [5, 5.41) is 9.93. The summed E-state index contributed by atoms with van der Waals surface area (Å²) in [5.74, 6) is 0.999. The number of thiophene rings is 1. The van der Waals surface area contributed by atoms with Gasteiger partial charge in [0.1, 0.15) is 21.3 Å². The lowest BCUT2D eigenvalue weighted by molar-refractivity contribution is 0.0605. The number of fused-ring (bicyclic) bond motifs is 1. The zero-order valence-corrected chi connectivity index (χ0v) is 12.7. The van der Waals surface area contributed by atoms with Crippen LogP contribution in [0, 0.1) is 13.8 Å². The summed E-state index contributed by atoms with van der Waals surface area (Å²) < 4.78 is 4.79. The highest BCUT2D eigenvalue weighted by Gasteiger charge is 2.21. The van der Waals surface area contributed by atoms with Gasteiger partial charge in [0.2, 0.25) is 0 Å². The van der Waals surface area contributed by atoms with Crippen LogP contribution >= 0.6 is 11.3 Å². The molecule has 0 fully saturated rings. The molecular weight excluding hydrogens is 278 g/mol. The maximum Gasteiger partial charge on any atom is 0.348 e. The quantitative estimate of drug-likeness (QED) is 0.862. The topological polar surface area (TPSA) is 75.5 Å². The van der Waals surface area contributed by atoms with Gasteiger partial charge in [-0.2, -0.15) is 0 Å². The average molecular weight is 295 g/mol. The second-order valence-corrected chi connectivity index (χ2v) is 5.47. The number of hydrogen-bond acceptors (Lipinski definition) is 7. The molecule has 0 aliphatic rings. The van der Waals surface area contributed by atoms with Gasteiger partial charge in [-0.25, -0.2) is 14.8 Å². The molecule has 2 aromatic rings. The molecule has 0 spiro atoms. The van der Waals surface area contributed by atoms with Crippen molar-refractivity contribution in [1.29, 1.82) is 0 Å². The standard InChI is InChI=1S/C13H17N3O3S/c1-7-9-11(16(3)5-6-17)14-8(2)15-12(9)20-10(7)13(18)19-4/h17H,5-6H2,1-4H3. The van der Waals surface area contributed by atoms with Crippen molar-refractivity contribution in [3.05, 3.63) is 16.3 Å². The van der Waals surface area contributed by atoms with Gasteiger partial charge >= 0.3 is 5.97 Å². The van der Waals surface area contributed by atoms with Crippen LogP contribution < -0.4 is 4.90 Å². The van der Waals surface area contributed by atoms with Crippen LogP contribution in [-0.4, -0.2) is 48.4 Å². The number of hydrogen-bond donors (Lipinski definition) is 1. The molecule has 0 unspecified atom stereocenters. The largest absolute Gasteiger partial charge is 0.465 e. The van der Waals surface area contributed by atoms with E-state index in [1.54, 1.807) is 0 Å². The molecule has 108 valence electrons. The molecule has 2 aromatic heterocycles. The lowest BCUT2D eigenvalue weighted by Crippen LogP contribution is -2.23. The van der Waals surface area contributed by atoms with Gasteiger partial charge in [-0.1, -0.05) is 0 Å². The van der Waals surface area contributed by atoms with E-state index in [1.807, 2.05) is 25.8 Å². The highest BCUT2D eigenvalue weighted by atomic mass is 32.1. The minimum atomic E-state index is -0.362. The number of anilines is 1. The second kappa shape index (κ2) is 5.72. The molecular formula is C13H17N3O3S. The normalized spacial score (nSPS) is 10.8. The first-order chi connectivity index (χ1) is 9.49. The number of aryl methyl sites for hydroxylation is 2. The summed E-state index contributed by atoms with van der Waals surface area (Å²) in [4.78, 5) is 23.8. The minimum Gasteiger partial charge on any atom is -0.465 e. The van der Waals surface area contributed by atoms with E-state index in [0.29, 0.717) is 17.2 Å². The highest BCUT2D eigenvalue weighted by molar-refractivity contribution is 7.20. The Morgan fingerprint density at radius 1 is 1.40 bits per heavy atom. The number of ether oxygens (including phenoxy) is 1. The first-order valence-electron chi connectivity index (χ1n) is 6.17. The molecule has 0 radical (unpaired) electrons. The average Bonchev–Trinajstić information content (AvgIpc) is 2.74. The van der Waals surface area contributed by atoms with Crippen molar-refractivity contribution < 1.29 is 14.6 Å². The number of nitrogens with zero attached hydrogens (tertiary/aromatic N) is 3. The third-order valence-corrected chi connectivity index (χ3v) is 4.22. The summed E-state index contributed by atoms with van der Waals surface area (Å²) in [7, 11) is 3.22. The van der Waals surface area contributed by atoms with E-state index < -0.39 is 0 Å². The zero-order valence-electron chi connectivity index (χ0n) is 11.9. The molecule has 6 nitrogen and oxygen atoms in total. The predicted octanol–water partition coefficient (Wildman–Crippen LogP) is 1.52. The number of aromatic nitrogens is 2. The third kappa shape index (κ3) is 2.46. The smallest absolute Gasteiger partial charge is 0.348 e. The van der Waals surface area contributed by atoms with Crippen LogP contribution in [0.25, 0.3) is 10.2 Å². The van der Waals surface area contributed by atoms with Gasteiger partial charge in [0, 0.05) is 13.6 Å². The molecule has 0 bridgehead atoms. The van der Waals surface area contributed by atoms with Crippen LogP contribution in [0.3, 0.4) is 0 Å². The zero-order chi connectivity index (χ0) is 14.9. The van der Waals surface area contributed by atoms with Crippen LogP contribution in [0.1, 0.15) is 21.1 Å². The Bertz CT molecular complexity index is 654. The monoisotopic (exact) mass is 295 g/mol. The van der Waals surface area contributed by atoms with Crippen molar-refractivity contribution in [3.63, 3.8) is 0 Å².